The number of rotatable bonds is 8. The highest BCUT2D eigenvalue weighted by Crippen LogP contribution is 2.09. The minimum absolute atomic E-state index is 0.630. The minimum atomic E-state index is 0.630. The Hall–Kier alpha value is -1.40. The molecule has 4 N–H and O–H groups in total. The average Bonchev–Trinajstić information content (AvgIpc) is 2.37. The van der Waals surface area contributed by atoms with Crippen molar-refractivity contribution in [2.24, 2.45) is 5.84 Å². The van der Waals surface area contributed by atoms with Crippen LogP contribution in [0.25, 0.3) is 0 Å². The second kappa shape index (κ2) is 7.84. The molecule has 0 saturated carbocycles. The van der Waals surface area contributed by atoms with Crippen molar-refractivity contribution in [3.05, 3.63) is 11.9 Å². The largest absolute Gasteiger partial charge is 0.369 e. The molecule has 0 aliphatic rings. The molecule has 1 aromatic rings. The van der Waals surface area contributed by atoms with Gasteiger partial charge in [0.05, 0.1) is 0 Å². The molecule has 0 aliphatic carbocycles. The summed E-state index contributed by atoms with van der Waals surface area (Å²) in [7, 11) is 0. The van der Waals surface area contributed by atoms with Gasteiger partial charge in [0.25, 0.3) is 0 Å². The van der Waals surface area contributed by atoms with Gasteiger partial charge in [0.2, 0.25) is 0 Å². The molecular formula is C12H24N6. The van der Waals surface area contributed by atoms with Crippen LogP contribution in [0.15, 0.2) is 6.07 Å². The summed E-state index contributed by atoms with van der Waals surface area (Å²) < 4.78 is 0. The molecule has 0 fully saturated rings. The zero-order chi connectivity index (χ0) is 13.4. The van der Waals surface area contributed by atoms with E-state index in [-0.39, 0.29) is 0 Å². The lowest BCUT2D eigenvalue weighted by atomic mass is 10.4. The van der Waals surface area contributed by atoms with Gasteiger partial charge in [-0.3, -0.25) is 0 Å². The number of anilines is 2. The Kier molecular flexibility index (Phi) is 6.38. The Balaban J connectivity index is 2.45. The molecule has 0 saturated heterocycles. The van der Waals surface area contributed by atoms with Gasteiger partial charge in [0.1, 0.15) is 17.5 Å². The standard InChI is InChI=1S/C12H24N6/c1-4-7-18(5-2)8-6-14-11-9-12(17-13)16-10(3)15-11/h9H,4-8,13H2,1-3H3,(H2,14,15,16,17). The van der Waals surface area contributed by atoms with Crippen LogP contribution in [0.4, 0.5) is 11.6 Å². The molecule has 1 heterocycles. The minimum Gasteiger partial charge on any atom is -0.369 e. The maximum absolute atomic E-state index is 5.35. The zero-order valence-corrected chi connectivity index (χ0v) is 11.5. The number of hydrogen-bond acceptors (Lipinski definition) is 6. The summed E-state index contributed by atoms with van der Waals surface area (Å²) in [4.78, 5) is 10.9. The molecule has 0 aromatic carbocycles. The van der Waals surface area contributed by atoms with Gasteiger partial charge in [-0.2, -0.15) is 0 Å². The van der Waals surface area contributed by atoms with Gasteiger partial charge in [0.15, 0.2) is 0 Å². The van der Waals surface area contributed by atoms with E-state index in [1.165, 1.54) is 6.42 Å². The number of nitrogen functional groups attached to an aromatic ring is 1. The lowest BCUT2D eigenvalue weighted by Gasteiger charge is -2.19. The third kappa shape index (κ3) is 4.85. The fourth-order valence-corrected chi connectivity index (χ4v) is 1.82. The van der Waals surface area contributed by atoms with Crippen LogP contribution >= 0.6 is 0 Å². The molecule has 1 rings (SSSR count). The predicted molar refractivity (Wildman–Crippen MR) is 75.5 cm³/mol. The summed E-state index contributed by atoms with van der Waals surface area (Å²) in [5, 5.41) is 3.30. The summed E-state index contributed by atoms with van der Waals surface area (Å²) in [6, 6.07) is 1.81. The highest BCUT2D eigenvalue weighted by Gasteiger charge is 2.02. The van der Waals surface area contributed by atoms with Crippen LogP contribution in [0.1, 0.15) is 26.1 Å². The number of nitrogens with one attached hydrogen (secondary N) is 2. The molecular weight excluding hydrogens is 228 g/mol. The Morgan fingerprint density at radius 1 is 1.22 bits per heavy atom. The van der Waals surface area contributed by atoms with Crippen LogP contribution in [-0.4, -0.2) is 41.0 Å². The van der Waals surface area contributed by atoms with Crippen molar-refractivity contribution in [1.29, 1.82) is 0 Å². The first-order chi connectivity index (χ1) is 8.69. The Morgan fingerprint density at radius 3 is 2.56 bits per heavy atom. The molecule has 0 unspecified atom stereocenters. The van der Waals surface area contributed by atoms with Crippen molar-refractivity contribution >= 4 is 11.6 Å². The first kappa shape index (κ1) is 14.7. The molecule has 6 heteroatoms. The van der Waals surface area contributed by atoms with E-state index < -0.39 is 0 Å². The van der Waals surface area contributed by atoms with Crippen molar-refractivity contribution < 1.29 is 0 Å². The lowest BCUT2D eigenvalue weighted by molar-refractivity contribution is 0.300. The van der Waals surface area contributed by atoms with Gasteiger partial charge < -0.3 is 15.6 Å². The molecule has 1 aromatic heterocycles. The third-order valence-corrected chi connectivity index (χ3v) is 2.71. The van der Waals surface area contributed by atoms with E-state index >= 15 is 0 Å². The smallest absolute Gasteiger partial charge is 0.145 e. The van der Waals surface area contributed by atoms with Crippen molar-refractivity contribution in [2.45, 2.75) is 27.2 Å². The van der Waals surface area contributed by atoms with Gasteiger partial charge in [-0.15, -0.1) is 0 Å². The number of aryl methyl sites for hydroxylation is 1. The van der Waals surface area contributed by atoms with E-state index in [0.717, 1.165) is 32.0 Å². The Morgan fingerprint density at radius 2 is 1.94 bits per heavy atom. The summed E-state index contributed by atoms with van der Waals surface area (Å²) in [5.74, 6) is 7.49. The van der Waals surface area contributed by atoms with Crippen LogP contribution in [0, 0.1) is 6.92 Å². The van der Waals surface area contributed by atoms with Crippen molar-refractivity contribution in [3.63, 3.8) is 0 Å². The summed E-state index contributed by atoms with van der Waals surface area (Å²) >= 11 is 0. The number of hydrazine groups is 1. The highest BCUT2D eigenvalue weighted by molar-refractivity contribution is 5.46. The second-order valence-electron chi connectivity index (χ2n) is 4.19. The maximum Gasteiger partial charge on any atom is 0.145 e. The SMILES string of the molecule is CCCN(CC)CCNc1cc(NN)nc(C)n1. The summed E-state index contributed by atoms with van der Waals surface area (Å²) in [5.41, 5.74) is 2.54. The van der Waals surface area contributed by atoms with E-state index in [0.29, 0.717) is 11.6 Å². The Labute approximate surface area is 109 Å². The fraction of sp³-hybridized carbons (Fsp3) is 0.667. The molecule has 0 radical (unpaired) electrons. The van der Waals surface area contributed by atoms with Crippen molar-refractivity contribution in [1.82, 2.24) is 14.9 Å². The molecule has 0 bridgehead atoms. The Bertz CT molecular complexity index is 354. The van der Waals surface area contributed by atoms with E-state index in [2.05, 4.69) is 39.5 Å². The number of aromatic nitrogens is 2. The molecule has 0 amide bonds. The summed E-state index contributed by atoms with van der Waals surface area (Å²) in [6.07, 6.45) is 1.18. The van der Waals surface area contributed by atoms with E-state index in [1.54, 1.807) is 0 Å². The lowest BCUT2D eigenvalue weighted by Crippen LogP contribution is -2.29. The fourth-order valence-electron chi connectivity index (χ4n) is 1.82. The second-order valence-corrected chi connectivity index (χ2v) is 4.19. The first-order valence-corrected chi connectivity index (χ1v) is 6.48. The molecule has 102 valence electrons. The van der Waals surface area contributed by atoms with Gasteiger partial charge in [-0.25, -0.2) is 15.8 Å². The molecule has 0 atom stereocenters. The zero-order valence-electron chi connectivity index (χ0n) is 11.5. The maximum atomic E-state index is 5.35. The number of hydrogen-bond donors (Lipinski definition) is 3. The summed E-state index contributed by atoms with van der Waals surface area (Å²) in [6.45, 7) is 10.3. The number of likely N-dealkylation sites (N-methyl/N-ethyl adjacent to an activating group) is 1. The molecule has 6 nitrogen and oxygen atoms in total. The molecule has 0 spiro atoms. The van der Waals surface area contributed by atoms with Crippen molar-refractivity contribution in [2.75, 3.05) is 36.9 Å². The van der Waals surface area contributed by atoms with E-state index in [9.17, 15) is 0 Å². The van der Waals surface area contributed by atoms with Crippen LogP contribution in [0.2, 0.25) is 0 Å². The van der Waals surface area contributed by atoms with E-state index in [1.807, 2.05) is 13.0 Å². The third-order valence-electron chi connectivity index (χ3n) is 2.71. The topological polar surface area (TPSA) is 79.1 Å². The normalized spacial score (nSPS) is 10.7. The number of nitrogens with two attached hydrogens (primary N) is 1. The highest BCUT2D eigenvalue weighted by atomic mass is 15.3. The predicted octanol–water partition coefficient (Wildman–Crippen LogP) is 1.21. The van der Waals surface area contributed by atoms with Crippen LogP contribution in [0.3, 0.4) is 0 Å². The van der Waals surface area contributed by atoms with Crippen LogP contribution < -0.4 is 16.6 Å². The van der Waals surface area contributed by atoms with E-state index in [4.69, 9.17) is 5.84 Å². The van der Waals surface area contributed by atoms with Crippen LogP contribution in [0.5, 0.6) is 0 Å². The monoisotopic (exact) mass is 252 g/mol. The van der Waals surface area contributed by atoms with Gasteiger partial charge in [-0.05, 0) is 26.4 Å². The first-order valence-electron chi connectivity index (χ1n) is 6.48. The van der Waals surface area contributed by atoms with Gasteiger partial charge in [0, 0.05) is 19.2 Å². The van der Waals surface area contributed by atoms with Gasteiger partial charge >= 0.3 is 0 Å². The molecule has 0 aliphatic heterocycles. The number of nitrogens with zero attached hydrogens (tertiary/aromatic N) is 3. The van der Waals surface area contributed by atoms with Crippen molar-refractivity contribution in [3.8, 4) is 0 Å². The van der Waals surface area contributed by atoms with Gasteiger partial charge in [-0.1, -0.05) is 13.8 Å². The average molecular weight is 252 g/mol. The van der Waals surface area contributed by atoms with Crippen LogP contribution in [-0.2, 0) is 0 Å². The quantitative estimate of drug-likeness (QED) is 0.477. The molecule has 18 heavy (non-hydrogen) atoms.